The third-order valence-electron chi connectivity index (χ3n) is 2.94. The lowest BCUT2D eigenvalue weighted by Crippen LogP contribution is -2.07. The van der Waals surface area contributed by atoms with Crippen LogP contribution in [0.4, 0.5) is 10.1 Å². The summed E-state index contributed by atoms with van der Waals surface area (Å²) in [6, 6.07) is 9.00. The van der Waals surface area contributed by atoms with Crippen LogP contribution in [0.5, 0.6) is 11.5 Å². The van der Waals surface area contributed by atoms with Gasteiger partial charge in [0.05, 0.1) is 4.92 Å². The number of nitrogens with zero attached hydrogens (tertiary/aromatic N) is 1. The van der Waals surface area contributed by atoms with Crippen LogP contribution < -0.4 is 10.1 Å². The molecular formula is C15H15FN2O3. The summed E-state index contributed by atoms with van der Waals surface area (Å²) in [5, 5.41) is 14.0. The first kappa shape index (κ1) is 14.9. The highest BCUT2D eigenvalue weighted by Gasteiger charge is 2.21. The van der Waals surface area contributed by atoms with Crippen LogP contribution in [0.15, 0.2) is 36.4 Å². The van der Waals surface area contributed by atoms with Gasteiger partial charge in [-0.15, -0.1) is 0 Å². The standard InChI is InChI=1S/C15H15FN2O3/c1-10-6-7-14(11(8-10)9-17-2)21-15-12(16)4-3-5-13(15)18(19)20/h3-8,17H,9H2,1-2H3. The van der Waals surface area contributed by atoms with Gasteiger partial charge in [0.15, 0.2) is 5.82 Å². The number of rotatable bonds is 5. The minimum atomic E-state index is -0.764. The van der Waals surface area contributed by atoms with E-state index in [0.717, 1.165) is 17.2 Å². The van der Waals surface area contributed by atoms with Gasteiger partial charge in [0.1, 0.15) is 5.75 Å². The Morgan fingerprint density at radius 3 is 2.76 bits per heavy atom. The van der Waals surface area contributed by atoms with Crippen LogP contribution in [0.1, 0.15) is 11.1 Å². The number of hydrogen-bond donors (Lipinski definition) is 1. The Hall–Kier alpha value is -2.47. The highest BCUT2D eigenvalue weighted by atomic mass is 19.1. The quantitative estimate of drug-likeness (QED) is 0.675. The number of benzene rings is 2. The van der Waals surface area contributed by atoms with Crippen molar-refractivity contribution in [3.05, 3.63) is 63.5 Å². The Bertz CT molecular complexity index is 674. The van der Waals surface area contributed by atoms with Gasteiger partial charge in [-0.2, -0.15) is 0 Å². The summed E-state index contributed by atoms with van der Waals surface area (Å²) >= 11 is 0. The molecule has 110 valence electrons. The number of nitrogens with one attached hydrogen (secondary N) is 1. The van der Waals surface area contributed by atoms with Crippen molar-refractivity contribution in [1.29, 1.82) is 0 Å². The maximum Gasteiger partial charge on any atom is 0.314 e. The second-order valence-electron chi connectivity index (χ2n) is 4.59. The average Bonchev–Trinajstić information content (AvgIpc) is 2.43. The van der Waals surface area contributed by atoms with Gasteiger partial charge in [-0.1, -0.05) is 23.8 Å². The zero-order valence-electron chi connectivity index (χ0n) is 11.7. The molecule has 0 aliphatic rings. The monoisotopic (exact) mass is 290 g/mol. The van der Waals surface area contributed by atoms with E-state index in [1.807, 2.05) is 13.0 Å². The van der Waals surface area contributed by atoms with E-state index >= 15 is 0 Å². The van der Waals surface area contributed by atoms with E-state index in [9.17, 15) is 14.5 Å². The van der Waals surface area contributed by atoms with Crippen molar-refractivity contribution < 1.29 is 14.1 Å². The smallest absolute Gasteiger partial charge is 0.314 e. The molecule has 0 unspecified atom stereocenters. The molecule has 21 heavy (non-hydrogen) atoms. The zero-order valence-corrected chi connectivity index (χ0v) is 11.7. The fourth-order valence-corrected chi connectivity index (χ4v) is 1.99. The van der Waals surface area contributed by atoms with Gasteiger partial charge in [-0.25, -0.2) is 4.39 Å². The van der Waals surface area contributed by atoms with Crippen LogP contribution in [-0.2, 0) is 6.54 Å². The van der Waals surface area contributed by atoms with Crippen LogP contribution in [0.25, 0.3) is 0 Å². The predicted molar refractivity (Wildman–Crippen MR) is 77.1 cm³/mol. The Labute approximate surface area is 121 Å². The second kappa shape index (κ2) is 6.32. The minimum Gasteiger partial charge on any atom is -0.447 e. The van der Waals surface area contributed by atoms with Crippen LogP contribution in [-0.4, -0.2) is 12.0 Å². The molecule has 0 fully saturated rings. The van der Waals surface area contributed by atoms with Gasteiger partial charge in [-0.3, -0.25) is 10.1 Å². The highest BCUT2D eigenvalue weighted by Crippen LogP contribution is 2.35. The van der Waals surface area contributed by atoms with Crippen molar-refractivity contribution >= 4 is 5.69 Å². The number of aryl methyl sites for hydroxylation is 1. The summed E-state index contributed by atoms with van der Waals surface area (Å²) in [7, 11) is 1.78. The summed E-state index contributed by atoms with van der Waals surface area (Å²) in [6.45, 7) is 2.44. The van der Waals surface area contributed by atoms with Crippen molar-refractivity contribution in [3.8, 4) is 11.5 Å². The molecular weight excluding hydrogens is 275 g/mol. The lowest BCUT2D eigenvalue weighted by atomic mass is 10.1. The molecule has 0 spiro atoms. The lowest BCUT2D eigenvalue weighted by molar-refractivity contribution is -0.385. The van der Waals surface area contributed by atoms with E-state index in [4.69, 9.17) is 4.74 Å². The second-order valence-corrected chi connectivity index (χ2v) is 4.59. The van der Waals surface area contributed by atoms with Gasteiger partial charge in [0.2, 0.25) is 5.75 Å². The fraction of sp³-hybridized carbons (Fsp3) is 0.200. The van der Waals surface area contributed by atoms with Crippen molar-refractivity contribution in [2.75, 3.05) is 7.05 Å². The van der Waals surface area contributed by atoms with E-state index in [-0.39, 0.29) is 5.75 Å². The van der Waals surface area contributed by atoms with Gasteiger partial charge >= 0.3 is 5.69 Å². The average molecular weight is 290 g/mol. The molecule has 5 nitrogen and oxygen atoms in total. The van der Waals surface area contributed by atoms with E-state index in [1.54, 1.807) is 19.2 Å². The van der Waals surface area contributed by atoms with Gasteiger partial charge < -0.3 is 10.1 Å². The molecule has 0 saturated heterocycles. The number of hydrogen-bond acceptors (Lipinski definition) is 4. The first-order valence-electron chi connectivity index (χ1n) is 6.38. The molecule has 0 radical (unpaired) electrons. The van der Waals surface area contributed by atoms with Gasteiger partial charge in [0.25, 0.3) is 0 Å². The molecule has 1 N–H and O–H groups in total. The molecule has 0 bridgehead atoms. The van der Waals surface area contributed by atoms with Crippen molar-refractivity contribution in [1.82, 2.24) is 5.32 Å². The first-order chi connectivity index (χ1) is 10.0. The number of nitro benzene ring substituents is 1. The Morgan fingerprint density at radius 1 is 1.33 bits per heavy atom. The van der Waals surface area contributed by atoms with Gasteiger partial charge in [0, 0.05) is 18.2 Å². The maximum absolute atomic E-state index is 13.8. The number of para-hydroxylation sites is 1. The van der Waals surface area contributed by atoms with Crippen LogP contribution in [0, 0.1) is 22.9 Å². The molecule has 2 aromatic carbocycles. The molecule has 0 amide bonds. The predicted octanol–water partition coefficient (Wildman–Crippen LogP) is 3.55. The normalized spacial score (nSPS) is 10.4. The number of ether oxygens (including phenoxy) is 1. The van der Waals surface area contributed by atoms with Crippen molar-refractivity contribution in [2.45, 2.75) is 13.5 Å². The van der Waals surface area contributed by atoms with Crippen molar-refractivity contribution in [3.63, 3.8) is 0 Å². The van der Waals surface area contributed by atoms with E-state index < -0.39 is 16.4 Å². The summed E-state index contributed by atoms with van der Waals surface area (Å²) in [4.78, 5) is 10.3. The van der Waals surface area contributed by atoms with Crippen LogP contribution >= 0.6 is 0 Å². The summed E-state index contributed by atoms with van der Waals surface area (Å²) in [6.07, 6.45) is 0. The summed E-state index contributed by atoms with van der Waals surface area (Å²) < 4.78 is 19.3. The molecule has 2 rings (SSSR count). The minimum absolute atomic E-state index is 0.372. The third kappa shape index (κ3) is 3.35. The summed E-state index contributed by atoms with van der Waals surface area (Å²) in [5.41, 5.74) is 1.43. The molecule has 0 aliphatic heterocycles. The topological polar surface area (TPSA) is 64.4 Å². The molecule has 0 aromatic heterocycles. The molecule has 0 heterocycles. The number of halogens is 1. The third-order valence-corrected chi connectivity index (χ3v) is 2.94. The Balaban J connectivity index is 2.45. The highest BCUT2D eigenvalue weighted by molar-refractivity contribution is 5.50. The first-order valence-corrected chi connectivity index (χ1v) is 6.38. The SMILES string of the molecule is CNCc1cc(C)ccc1Oc1c(F)cccc1[N+](=O)[O-]. The van der Waals surface area contributed by atoms with Gasteiger partial charge in [-0.05, 0) is 26.1 Å². The molecule has 0 atom stereocenters. The zero-order chi connectivity index (χ0) is 15.4. The Morgan fingerprint density at radius 2 is 2.10 bits per heavy atom. The fourth-order valence-electron chi connectivity index (χ4n) is 1.99. The molecule has 2 aromatic rings. The Kier molecular flexibility index (Phi) is 4.49. The number of nitro groups is 1. The van der Waals surface area contributed by atoms with Crippen LogP contribution in [0.3, 0.4) is 0 Å². The van der Waals surface area contributed by atoms with E-state index in [1.165, 1.54) is 12.1 Å². The van der Waals surface area contributed by atoms with E-state index in [0.29, 0.717) is 12.3 Å². The lowest BCUT2D eigenvalue weighted by Gasteiger charge is -2.12. The summed E-state index contributed by atoms with van der Waals surface area (Å²) in [5.74, 6) is -0.743. The van der Waals surface area contributed by atoms with E-state index in [2.05, 4.69) is 5.32 Å². The molecule has 0 aliphatic carbocycles. The van der Waals surface area contributed by atoms with Crippen LogP contribution in [0.2, 0.25) is 0 Å². The maximum atomic E-state index is 13.8. The molecule has 6 heteroatoms. The van der Waals surface area contributed by atoms with Crippen molar-refractivity contribution in [2.24, 2.45) is 0 Å². The molecule has 0 saturated carbocycles. The largest absolute Gasteiger partial charge is 0.447 e.